The van der Waals surface area contributed by atoms with Crippen LogP contribution >= 0.6 is 0 Å². The molecule has 0 bridgehead atoms. The van der Waals surface area contributed by atoms with Gasteiger partial charge >= 0.3 is 0 Å². The van der Waals surface area contributed by atoms with Gasteiger partial charge in [0.25, 0.3) is 5.56 Å². The lowest BCUT2D eigenvalue weighted by molar-refractivity contribution is 0.695. The Balaban J connectivity index is 2.14. The van der Waals surface area contributed by atoms with Crippen molar-refractivity contribution < 1.29 is 0 Å². The third-order valence-corrected chi connectivity index (χ3v) is 3.66. The molecule has 0 spiro atoms. The fourth-order valence-corrected chi connectivity index (χ4v) is 2.71. The molecule has 3 heterocycles. The fourth-order valence-electron chi connectivity index (χ4n) is 2.71. The molecular formula is C14H13N5O. The molecule has 0 saturated carbocycles. The van der Waals surface area contributed by atoms with E-state index in [1.54, 1.807) is 17.0 Å². The zero-order valence-electron chi connectivity index (χ0n) is 11.0. The molecule has 0 atom stereocenters. The molecule has 0 saturated heterocycles. The molecule has 1 aliphatic heterocycles. The van der Waals surface area contributed by atoms with E-state index in [9.17, 15) is 4.79 Å². The number of hydrogen-bond donors (Lipinski definition) is 1. The summed E-state index contributed by atoms with van der Waals surface area (Å²) in [4.78, 5) is 16.9. The summed E-state index contributed by atoms with van der Waals surface area (Å²) < 4.78 is 3.19. The van der Waals surface area contributed by atoms with E-state index in [2.05, 4.69) is 15.4 Å². The van der Waals surface area contributed by atoms with Crippen molar-refractivity contribution in [1.82, 2.24) is 19.3 Å². The van der Waals surface area contributed by atoms with Crippen molar-refractivity contribution in [2.24, 2.45) is 7.05 Å². The van der Waals surface area contributed by atoms with Gasteiger partial charge in [0.2, 0.25) is 5.95 Å². The first-order chi connectivity index (χ1) is 9.75. The zero-order valence-corrected chi connectivity index (χ0v) is 11.0. The van der Waals surface area contributed by atoms with Gasteiger partial charge in [-0.15, -0.1) is 0 Å². The van der Waals surface area contributed by atoms with E-state index in [4.69, 9.17) is 0 Å². The van der Waals surface area contributed by atoms with E-state index >= 15 is 0 Å². The summed E-state index contributed by atoms with van der Waals surface area (Å²) in [5.74, 6) is 0.539. The van der Waals surface area contributed by atoms with E-state index < -0.39 is 0 Å². The van der Waals surface area contributed by atoms with Gasteiger partial charge in [0.05, 0.1) is 11.1 Å². The molecule has 0 fully saturated rings. The maximum absolute atomic E-state index is 12.6. The maximum atomic E-state index is 12.6. The van der Waals surface area contributed by atoms with Crippen molar-refractivity contribution in [1.29, 1.82) is 0 Å². The minimum Gasteiger partial charge on any atom is -0.384 e. The molecule has 1 aliphatic rings. The van der Waals surface area contributed by atoms with Gasteiger partial charge < -0.3 is 9.88 Å². The number of anilines is 1. The van der Waals surface area contributed by atoms with Crippen LogP contribution in [0.5, 0.6) is 0 Å². The number of aryl methyl sites for hydroxylation is 1. The molecule has 0 amide bonds. The summed E-state index contributed by atoms with van der Waals surface area (Å²) in [6.07, 6.45) is 4.27. The van der Waals surface area contributed by atoms with Gasteiger partial charge in [-0.25, -0.2) is 4.98 Å². The lowest BCUT2D eigenvalue weighted by Gasteiger charge is -2.19. The topological polar surface area (TPSA) is 64.7 Å². The van der Waals surface area contributed by atoms with Crippen LogP contribution in [0.4, 0.5) is 5.69 Å². The van der Waals surface area contributed by atoms with E-state index in [0.29, 0.717) is 11.3 Å². The Bertz CT molecular complexity index is 877. The smallest absolute Gasteiger partial charge is 0.282 e. The summed E-state index contributed by atoms with van der Waals surface area (Å²) in [5, 5.41) is 9.45. The number of benzene rings is 1. The monoisotopic (exact) mass is 267 g/mol. The van der Waals surface area contributed by atoms with Gasteiger partial charge in [-0.05, 0) is 12.1 Å². The average molecular weight is 267 g/mol. The zero-order chi connectivity index (χ0) is 13.7. The Morgan fingerprint density at radius 1 is 1.35 bits per heavy atom. The lowest BCUT2D eigenvalue weighted by atomic mass is 10.0. The van der Waals surface area contributed by atoms with Crippen molar-refractivity contribution in [3.05, 3.63) is 46.6 Å². The van der Waals surface area contributed by atoms with E-state index in [1.807, 2.05) is 25.2 Å². The minimum absolute atomic E-state index is 0.136. The highest BCUT2D eigenvalue weighted by molar-refractivity contribution is 5.96. The van der Waals surface area contributed by atoms with Gasteiger partial charge in [0.15, 0.2) is 0 Å². The van der Waals surface area contributed by atoms with Crippen LogP contribution in [0.2, 0.25) is 0 Å². The van der Waals surface area contributed by atoms with Gasteiger partial charge in [-0.3, -0.25) is 4.79 Å². The first-order valence-corrected chi connectivity index (χ1v) is 6.52. The first-order valence-electron chi connectivity index (χ1n) is 6.52. The van der Waals surface area contributed by atoms with E-state index in [0.717, 1.165) is 29.7 Å². The summed E-state index contributed by atoms with van der Waals surface area (Å²) in [5.41, 5.74) is 1.79. The Morgan fingerprint density at radius 2 is 2.25 bits per heavy atom. The molecule has 100 valence electrons. The Morgan fingerprint density at radius 3 is 3.05 bits per heavy atom. The van der Waals surface area contributed by atoms with Crippen LogP contribution in [-0.2, 0) is 13.5 Å². The molecule has 2 aromatic heterocycles. The number of nitrogens with one attached hydrogen (secondary N) is 1. The predicted octanol–water partition coefficient (Wildman–Crippen LogP) is 1.09. The number of aromatic nitrogens is 4. The van der Waals surface area contributed by atoms with Gasteiger partial charge in [-0.2, -0.15) is 9.78 Å². The second-order valence-corrected chi connectivity index (χ2v) is 4.91. The average Bonchev–Trinajstić information content (AvgIpc) is 2.89. The SMILES string of the molecule is Cn1ccnc1-n1nc2c3c(cccc3c1=O)NCC2. The summed E-state index contributed by atoms with van der Waals surface area (Å²) in [7, 11) is 1.85. The Labute approximate surface area is 114 Å². The van der Waals surface area contributed by atoms with E-state index in [-0.39, 0.29) is 5.56 Å². The van der Waals surface area contributed by atoms with Crippen molar-refractivity contribution in [3.63, 3.8) is 0 Å². The molecule has 1 N–H and O–H groups in total. The highest BCUT2D eigenvalue weighted by atomic mass is 16.1. The quantitative estimate of drug-likeness (QED) is 0.716. The third-order valence-electron chi connectivity index (χ3n) is 3.66. The molecule has 0 unspecified atom stereocenters. The molecular weight excluding hydrogens is 254 g/mol. The summed E-state index contributed by atoms with van der Waals surface area (Å²) >= 11 is 0. The molecule has 3 aromatic rings. The van der Waals surface area contributed by atoms with Gasteiger partial charge in [-0.1, -0.05) is 6.07 Å². The predicted molar refractivity (Wildman–Crippen MR) is 76.3 cm³/mol. The third kappa shape index (κ3) is 1.41. The van der Waals surface area contributed by atoms with Crippen LogP contribution in [0.25, 0.3) is 16.7 Å². The largest absolute Gasteiger partial charge is 0.384 e. The van der Waals surface area contributed by atoms with Crippen LogP contribution < -0.4 is 10.9 Å². The standard InChI is InChI=1S/C14H13N5O/c1-18-8-7-16-14(18)19-13(20)9-3-2-4-10-12(9)11(17-19)5-6-15-10/h2-4,7-8,15H,5-6H2,1H3. The Kier molecular flexibility index (Phi) is 2.20. The van der Waals surface area contributed by atoms with Crippen molar-refractivity contribution in [2.75, 3.05) is 11.9 Å². The van der Waals surface area contributed by atoms with Crippen LogP contribution in [0.1, 0.15) is 5.69 Å². The number of nitrogens with zero attached hydrogens (tertiary/aromatic N) is 4. The molecule has 20 heavy (non-hydrogen) atoms. The van der Waals surface area contributed by atoms with E-state index in [1.165, 1.54) is 4.68 Å². The fraction of sp³-hybridized carbons (Fsp3) is 0.214. The lowest BCUT2D eigenvalue weighted by Crippen LogP contribution is -2.27. The van der Waals surface area contributed by atoms with Crippen LogP contribution in [0.15, 0.2) is 35.4 Å². The van der Waals surface area contributed by atoms with Crippen molar-refractivity contribution in [3.8, 4) is 5.95 Å². The number of hydrogen-bond acceptors (Lipinski definition) is 4. The van der Waals surface area contributed by atoms with Gasteiger partial charge in [0.1, 0.15) is 0 Å². The minimum atomic E-state index is -0.136. The molecule has 1 aromatic carbocycles. The highest BCUT2D eigenvalue weighted by Crippen LogP contribution is 2.27. The second-order valence-electron chi connectivity index (χ2n) is 4.91. The highest BCUT2D eigenvalue weighted by Gasteiger charge is 2.18. The first kappa shape index (κ1) is 11.2. The number of imidazole rings is 1. The molecule has 4 rings (SSSR count). The number of rotatable bonds is 1. The van der Waals surface area contributed by atoms with Crippen molar-refractivity contribution >= 4 is 16.5 Å². The summed E-state index contributed by atoms with van der Waals surface area (Å²) in [6, 6.07) is 5.72. The molecule has 6 heteroatoms. The Hall–Kier alpha value is -2.63. The normalized spacial score (nSPS) is 13.4. The molecule has 0 aliphatic carbocycles. The van der Waals surface area contributed by atoms with Crippen LogP contribution in [-0.4, -0.2) is 25.9 Å². The van der Waals surface area contributed by atoms with Crippen LogP contribution in [0, 0.1) is 0 Å². The maximum Gasteiger partial charge on any atom is 0.282 e. The second kappa shape index (κ2) is 3.93. The molecule has 0 radical (unpaired) electrons. The molecule has 6 nitrogen and oxygen atoms in total. The van der Waals surface area contributed by atoms with Crippen LogP contribution in [0.3, 0.4) is 0 Å². The van der Waals surface area contributed by atoms with Crippen molar-refractivity contribution in [2.45, 2.75) is 6.42 Å². The van der Waals surface area contributed by atoms with Gasteiger partial charge in [0, 0.05) is 43.5 Å². The summed E-state index contributed by atoms with van der Waals surface area (Å²) in [6.45, 7) is 0.831.